The number of ether oxygens (including phenoxy) is 2. The molecule has 1 fully saturated rings. The number of hydrogen-bond donors (Lipinski definition) is 1. The molecule has 1 N–H and O–H groups in total. The lowest BCUT2D eigenvalue weighted by molar-refractivity contribution is 0.0285. The summed E-state index contributed by atoms with van der Waals surface area (Å²) in [5.41, 5.74) is 4.06. The average Bonchev–Trinajstić information content (AvgIpc) is 3.44. The quantitative estimate of drug-likeness (QED) is 0.561. The van der Waals surface area contributed by atoms with Crippen LogP contribution in [0.4, 0.5) is 9.18 Å². The normalized spacial score (nSPS) is 20.2. The van der Waals surface area contributed by atoms with E-state index in [1.807, 2.05) is 31.7 Å². The van der Waals surface area contributed by atoms with E-state index >= 15 is 0 Å². The van der Waals surface area contributed by atoms with Crippen LogP contribution in [0.2, 0.25) is 0 Å². The third kappa shape index (κ3) is 4.08. The Morgan fingerprint density at radius 2 is 2.00 bits per heavy atom. The molecule has 172 valence electrons. The van der Waals surface area contributed by atoms with Gasteiger partial charge in [0, 0.05) is 41.8 Å². The summed E-state index contributed by atoms with van der Waals surface area (Å²) in [6.45, 7) is 7.03. The SMILES string of the molecule is COc1ccc(F)cc1-c1ccnc2[nH]c(C3=C[C@H]4CN(C(=O)OC(C)(C)C)C[C@H]4C3)cc12. The van der Waals surface area contributed by atoms with Gasteiger partial charge in [0.1, 0.15) is 22.8 Å². The van der Waals surface area contributed by atoms with Gasteiger partial charge in [-0.2, -0.15) is 0 Å². The number of nitrogens with one attached hydrogen (secondary N) is 1. The number of pyridine rings is 1. The van der Waals surface area contributed by atoms with Crippen LogP contribution in [-0.2, 0) is 4.74 Å². The van der Waals surface area contributed by atoms with Gasteiger partial charge in [0.15, 0.2) is 0 Å². The molecule has 3 heterocycles. The maximum atomic E-state index is 14.0. The highest BCUT2D eigenvalue weighted by molar-refractivity contribution is 5.96. The van der Waals surface area contributed by atoms with E-state index in [-0.39, 0.29) is 11.9 Å². The number of carbonyl (C=O) groups is 1. The molecule has 0 radical (unpaired) electrons. The van der Waals surface area contributed by atoms with E-state index in [4.69, 9.17) is 9.47 Å². The first kappa shape index (κ1) is 21.5. The van der Waals surface area contributed by atoms with Gasteiger partial charge in [-0.1, -0.05) is 6.08 Å². The number of methoxy groups -OCH3 is 1. The summed E-state index contributed by atoms with van der Waals surface area (Å²) >= 11 is 0. The summed E-state index contributed by atoms with van der Waals surface area (Å²) in [6.07, 6.45) is 4.63. The molecule has 1 aliphatic heterocycles. The van der Waals surface area contributed by atoms with Crippen molar-refractivity contribution in [2.24, 2.45) is 11.8 Å². The molecule has 1 amide bonds. The largest absolute Gasteiger partial charge is 0.496 e. The number of nitrogens with zero attached hydrogens (tertiary/aromatic N) is 2. The lowest BCUT2D eigenvalue weighted by Gasteiger charge is -2.24. The summed E-state index contributed by atoms with van der Waals surface area (Å²) in [4.78, 5) is 22.2. The molecule has 2 atom stereocenters. The van der Waals surface area contributed by atoms with Crippen molar-refractivity contribution in [3.63, 3.8) is 0 Å². The highest BCUT2D eigenvalue weighted by atomic mass is 19.1. The zero-order valence-corrected chi connectivity index (χ0v) is 19.3. The standard InChI is InChI=1S/C26H28FN3O3/c1-26(2,3)33-25(31)30-13-16-9-15(10-17(16)14-30)22-12-21-19(7-8-28-24(21)29-22)20-11-18(27)5-6-23(20)32-4/h5-9,11-12,16-17H,10,13-14H2,1-4H3,(H,28,29)/t16-,17+/m0/s1. The van der Waals surface area contributed by atoms with Crippen molar-refractivity contribution in [1.29, 1.82) is 0 Å². The van der Waals surface area contributed by atoms with Crippen molar-refractivity contribution in [3.8, 4) is 16.9 Å². The zero-order valence-electron chi connectivity index (χ0n) is 19.3. The van der Waals surface area contributed by atoms with Gasteiger partial charge in [0.25, 0.3) is 0 Å². The average molecular weight is 450 g/mol. The minimum absolute atomic E-state index is 0.240. The summed E-state index contributed by atoms with van der Waals surface area (Å²) in [7, 11) is 1.58. The first-order valence-corrected chi connectivity index (χ1v) is 11.2. The van der Waals surface area contributed by atoms with Gasteiger partial charge < -0.3 is 19.4 Å². The van der Waals surface area contributed by atoms with Gasteiger partial charge in [-0.15, -0.1) is 0 Å². The van der Waals surface area contributed by atoms with Crippen molar-refractivity contribution >= 4 is 22.7 Å². The molecule has 0 saturated carbocycles. The second-order valence-electron chi connectivity index (χ2n) is 9.85. The predicted molar refractivity (Wildman–Crippen MR) is 125 cm³/mol. The number of halogens is 1. The number of fused-ring (bicyclic) bond motifs is 2. The number of H-pyrrole nitrogens is 1. The van der Waals surface area contributed by atoms with E-state index < -0.39 is 5.60 Å². The Kier molecular flexibility index (Phi) is 5.15. The van der Waals surface area contributed by atoms with Crippen LogP contribution in [0.3, 0.4) is 0 Å². The van der Waals surface area contributed by atoms with Crippen LogP contribution in [0.25, 0.3) is 27.7 Å². The highest BCUT2D eigenvalue weighted by Gasteiger charge is 2.40. The number of carbonyl (C=O) groups excluding carboxylic acids is 1. The van der Waals surface area contributed by atoms with Crippen LogP contribution in [0.5, 0.6) is 5.75 Å². The lowest BCUT2D eigenvalue weighted by atomic mass is 9.99. The highest BCUT2D eigenvalue weighted by Crippen LogP contribution is 2.43. The Bertz CT molecular complexity index is 1260. The van der Waals surface area contributed by atoms with E-state index in [2.05, 4.69) is 22.1 Å². The van der Waals surface area contributed by atoms with Crippen LogP contribution < -0.4 is 4.74 Å². The van der Waals surface area contributed by atoms with Crippen LogP contribution in [0.1, 0.15) is 32.9 Å². The maximum Gasteiger partial charge on any atom is 0.410 e. The molecule has 2 aliphatic rings. The Hall–Kier alpha value is -3.35. The fraction of sp³-hybridized carbons (Fsp3) is 0.385. The summed E-state index contributed by atoms with van der Waals surface area (Å²) in [5.74, 6) is 1.00. The number of aromatic amines is 1. The molecular formula is C26H28FN3O3. The molecule has 33 heavy (non-hydrogen) atoms. The van der Waals surface area contributed by atoms with Crippen molar-refractivity contribution in [1.82, 2.24) is 14.9 Å². The maximum absolute atomic E-state index is 14.0. The van der Waals surface area contributed by atoms with Gasteiger partial charge in [0.05, 0.1) is 7.11 Å². The number of hydrogen-bond acceptors (Lipinski definition) is 4. The third-order valence-electron chi connectivity index (χ3n) is 6.37. The van der Waals surface area contributed by atoms with Gasteiger partial charge >= 0.3 is 6.09 Å². The molecule has 0 unspecified atom stereocenters. The molecule has 1 aliphatic carbocycles. The van der Waals surface area contributed by atoms with E-state index in [1.54, 1.807) is 19.4 Å². The first-order chi connectivity index (χ1) is 15.7. The van der Waals surface area contributed by atoms with E-state index in [9.17, 15) is 9.18 Å². The zero-order chi connectivity index (χ0) is 23.3. The Balaban J connectivity index is 1.42. The second kappa shape index (κ2) is 7.90. The molecule has 5 rings (SSSR count). The minimum Gasteiger partial charge on any atom is -0.496 e. The number of rotatable bonds is 3. The molecule has 7 heteroatoms. The van der Waals surface area contributed by atoms with E-state index in [1.165, 1.54) is 17.7 Å². The van der Waals surface area contributed by atoms with Crippen LogP contribution in [0, 0.1) is 17.7 Å². The number of likely N-dealkylation sites (tertiary alicyclic amines) is 1. The molecule has 2 aromatic heterocycles. The van der Waals surface area contributed by atoms with Crippen LogP contribution in [0.15, 0.2) is 42.6 Å². The van der Waals surface area contributed by atoms with E-state index in [0.717, 1.165) is 28.7 Å². The summed E-state index contributed by atoms with van der Waals surface area (Å²) < 4.78 is 25.0. The molecule has 6 nitrogen and oxygen atoms in total. The van der Waals surface area contributed by atoms with Gasteiger partial charge in [-0.05, 0) is 74.6 Å². The third-order valence-corrected chi connectivity index (χ3v) is 6.37. The van der Waals surface area contributed by atoms with Gasteiger partial charge in [-0.3, -0.25) is 0 Å². The van der Waals surface area contributed by atoms with Crippen molar-refractivity contribution in [2.45, 2.75) is 32.8 Å². The van der Waals surface area contributed by atoms with Crippen molar-refractivity contribution < 1.29 is 18.7 Å². The topological polar surface area (TPSA) is 67.5 Å². The molecule has 1 saturated heterocycles. The number of benzene rings is 1. The van der Waals surface area contributed by atoms with Crippen molar-refractivity contribution in [3.05, 3.63) is 54.1 Å². The minimum atomic E-state index is -0.491. The number of aromatic nitrogens is 2. The first-order valence-electron chi connectivity index (χ1n) is 11.2. The van der Waals surface area contributed by atoms with Crippen LogP contribution in [-0.4, -0.2) is 46.8 Å². The molecule has 1 aromatic carbocycles. The van der Waals surface area contributed by atoms with E-state index in [0.29, 0.717) is 36.2 Å². The fourth-order valence-electron chi connectivity index (χ4n) is 4.91. The summed E-state index contributed by atoms with van der Waals surface area (Å²) in [6, 6.07) is 8.49. The van der Waals surface area contributed by atoms with Gasteiger partial charge in [0.2, 0.25) is 0 Å². The van der Waals surface area contributed by atoms with Crippen molar-refractivity contribution in [2.75, 3.05) is 20.2 Å². The van der Waals surface area contributed by atoms with Crippen LogP contribution >= 0.6 is 0 Å². The Labute approximate surface area is 192 Å². The Morgan fingerprint density at radius 3 is 2.73 bits per heavy atom. The van der Waals surface area contributed by atoms with Gasteiger partial charge in [-0.25, -0.2) is 14.2 Å². The number of amides is 1. The molecule has 0 spiro atoms. The predicted octanol–water partition coefficient (Wildman–Crippen LogP) is 5.65. The molecular weight excluding hydrogens is 421 g/mol. The molecule has 0 bridgehead atoms. The monoisotopic (exact) mass is 449 g/mol. The Morgan fingerprint density at radius 1 is 1.18 bits per heavy atom. The molecule has 3 aromatic rings. The smallest absolute Gasteiger partial charge is 0.410 e. The second-order valence-corrected chi connectivity index (χ2v) is 9.85. The lowest BCUT2D eigenvalue weighted by Crippen LogP contribution is -2.35. The summed E-state index contributed by atoms with van der Waals surface area (Å²) in [5, 5.41) is 0.921. The number of allylic oxidation sites excluding steroid dienone is 1. The fourth-order valence-corrected chi connectivity index (χ4v) is 4.91.